The molecule has 6 rings (SSSR count). The molecule has 5 heterocycles. The van der Waals surface area contributed by atoms with Crippen LogP contribution < -0.4 is 11.1 Å². The molecule has 3 aliphatic heterocycles. The Morgan fingerprint density at radius 1 is 1.20 bits per heavy atom. The fourth-order valence-electron chi connectivity index (χ4n) is 5.23. The minimum atomic E-state index is -1.43. The molecule has 5 atom stereocenters. The first-order valence-electron chi connectivity index (χ1n) is 13.7. The molecule has 3 amide bonds. The van der Waals surface area contributed by atoms with E-state index in [1.807, 2.05) is 0 Å². The number of piperidine rings is 1. The molecule has 2 aromatic rings. The van der Waals surface area contributed by atoms with Crippen molar-refractivity contribution < 1.29 is 34.1 Å². The number of anilines is 1. The van der Waals surface area contributed by atoms with E-state index in [0.29, 0.717) is 26.1 Å². The molecular weight excluding hydrogens is 536 g/mol. The number of hydrogen-bond donors (Lipinski definition) is 4. The molecule has 4 aliphatic rings. The van der Waals surface area contributed by atoms with E-state index in [2.05, 4.69) is 32.1 Å². The van der Waals surface area contributed by atoms with E-state index in [1.165, 1.54) is 15.8 Å². The second kappa shape index (κ2) is 10.8. The summed E-state index contributed by atoms with van der Waals surface area (Å²) in [4.78, 5) is 52.5. The third kappa shape index (κ3) is 5.37. The molecular formula is C26H32N8O7. The Bertz CT molecular complexity index is 1420. The van der Waals surface area contributed by atoms with Crippen molar-refractivity contribution in [2.45, 2.75) is 68.8 Å². The number of nitrogen functional groups attached to an aromatic ring is 1. The van der Waals surface area contributed by atoms with Gasteiger partial charge in [-0.05, 0) is 37.5 Å². The van der Waals surface area contributed by atoms with Gasteiger partial charge in [-0.15, -0.1) is 0 Å². The molecule has 0 aromatic carbocycles. The van der Waals surface area contributed by atoms with Gasteiger partial charge in [-0.3, -0.25) is 14.2 Å². The number of nitrogens with one attached hydrogen (secondary N) is 1. The number of carbonyl (C=O) groups excluding carboxylic acids is 3. The number of imidazole rings is 1. The van der Waals surface area contributed by atoms with Crippen molar-refractivity contribution in [1.82, 2.24) is 34.6 Å². The molecule has 4 fully saturated rings. The van der Waals surface area contributed by atoms with E-state index in [4.69, 9.17) is 15.2 Å². The van der Waals surface area contributed by atoms with Gasteiger partial charge in [0, 0.05) is 32.6 Å². The Labute approximate surface area is 235 Å². The average Bonchev–Trinajstić information content (AvgIpc) is 3.60. The topological polar surface area (TPSA) is 198 Å². The molecule has 41 heavy (non-hydrogen) atoms. The first-order chi connectivity index (χ1) is 19.7. The average molecular weight is 569 g/mol. The smallest absolute Gasteiger partial charge is 0.410 e. The Kier molecular flexibility index (Phi) is 7.14. The highest BCUT2D eigenvalue weighted by Crippen LogP contribution is 2.33. The van der Waals surface area contributed by atoms with Crippen LogP contribution in [0.3, 0.4) is 0 Å². The first kappa shape index (κ1) is 27.2. The summed E-state index contributed by atoms with van der Waals surface area (Å²) in [7, 11) is 1.66. The molecule has 0 radical (unpaired) electrons. The molecule has 2 aromatic heterocycles. The largest absolute Gasteiger partial charge is 0.434 e. The first-order valence-corrected chi connectivity index (χ1v) is 13.7. The van der Waals surface area contributed by atoms with Crippen LogP contribution in [0.5, 0.6) is 0 Å². The zero-order valence-electron chi connectivity index (χ0n) is 22.5. The van der Waals surface area contributed by atoms with Crippen molar-refractivity contribution in [2.75, 3.05) is 32.4 Å². The zero-order valence-corrected chi connectivity index (χ0v) is 22.5. The SMILES string of the molecule is CN1CC(OC(=O)N2CCC(CC#Cc3nc(N)c4ncn([C@@H]5O[C@H](C(=O)NC6CC6)[C@H](O)C5O)c4n3)CC2)C1=O. The number of carbonyl (C=O) groups is 3. The summed E-state index contributed by atoms with van der Waals surface area (Å²) in [5, 5.41) is 23.9. The maximum Gasteiger partial charge on any atom is 0.410 e. The Morgan fingerprint density at radius 2 is 1.95 bits per heavy atom. The Morgan fingerprint density at radius 3 is 2.63 bits per heavy atom. The fourth-order valence-corrected chi connectivity index (χ4v) is 5.23. The van der Waals surface area contributed by atoms with Crippen LogP contribution in [0.2, 0.25) is 0 Å². The molecule has 3 saturated heterocycles. The zero-order chi connectivity index (χ0) is 28.8. The van der Waals surface area contributed by atoms with Crippen LogP contribution in [0, 0.1) is 17.8 Å². The molecule has 1 saturated carbocycles. The van der Waals surface area contributed by atoms with Gasteiger partial charge in [-0.2, -0.15) is 0 Å². The van der Waals surface area contributed by atoms with Crippen molar-refractivity contribution in [3.8, 4) is 11.8 Å². The number of nitrogens with zero attached hydrogens (tertiary/aromatic N) is 6. The number of nitrogens with two attached hydrogens (primary N) is 1. The predicted octanol–water partition coefficient (Wildman–Crippen LogP) is -1.26. The summed E-state index contributed by atoms with van der Waals surface area (Å²) >= 11 is 0. The minimum absolute atomic E-state index is 0.0766. The van der Waals surface area contributed by atoms with Crippen LogP contribution in [-0.4, -0.2) is 115 Å². The summed E-state index contributed by atoms with van der Waals surface area (Å²) in [6.07, 6.45) is -1.15. The second-order valence-corrected chi connectivity index (χ2v) is 11.0. The molecule has 15 nitrogen and oxygen atoms in total. The number of fused-ring (bicyclic) bond motifs is 1. The van der Waals surface area contributed by atoms with Gasteiger partial charge in [0.15, 0.2) is 29.9 Å². The van der Waals surface area contributed by atoms with E-state index in [1.54, 1.807) is 11.9 Å². The van der Waals surface area contributed by atoms with Crippen LogP contribution >= 0.6 is 0 Å². The van der Waals surface area contributed by atoms with Gasteiger partial charge < -0.3 is 40.5 Å². The van der Waals surface area contributed by atoms with Gasteiger partial charge in [0.05, 0.1) is 12.9 Å². The summed E-state index contributed by atoms with van der Waals surface area (Å²) in [6, 6.07) is 0.0766. The molecule has 0 spiro atoms. The second-order valence-electron chi connectivity index (χ2n) is 11.0. The van der Waals surface area contributed by atoms with Gasteiger partial charge in [0.25, 0.3) is 11.8 Å². The van der Waals surface area contributed by atoms with Crippen molar-refractivity contribution in [1.29, 1.82) is 0 Å². The molecule has 0 bridgehead atoms. The van der Waals surface area contributed by atoms with E-state index in [-0.39, 0.29) is 40.7 Å². The number of likely N-dealkylation sites (N-methyl/N-ethyl adjacent to an activating group) is 1. The lowest BCUT2D eigenvalue weighted by Crippen LogP contribution is -2.57. The number of ether oxygens (including phenoxy) is 2. The molecule has 1 aliphatic carbocycles. The maximum atomic E-state index is 12.5. The van der Waals surface area contributed by atoms with Crippen molar-refractivity contribution in [3.05, 3.63) is 12.2 Å². The molecule has 15 heteroatoms. The van der Waals surface area contributed by atoms with E-state index in [9.17, 15) is 24.6 Å². The predicted molar refractivity (Wildman–Crippen MR) is 141 cm³/mol. The maximum absolute atomic E-state index is 12.5. The van der Waals surface area contributed by atoms with Crippen LogP contribution in [0.15, 0.2) is 6.33 Å². The number of rotatable bonds is 5. The number of aromatic nitrogens is 4. The number of aliphatic hydroxyl groups excluding tert-OH is 2. The summed E-state index contributed by atoms with van der Waals surface area (Å²) in [5.74, 6) is 5.88. The van der Waals surface area contributed by atoms with Crippen molar-refractivity contribution in [3.63, 3.8) is 0 Å². The Balaban J connectivity index is 1.08. The normalized spacial score (nSPS) is 28.3. The van der Waals surface area contributed by atoms with Crippen LogP contribution in [-0.2, 0) is 19.1 Å². The number of likely N-dealkylation sites (tertiary alicyclic amines) is 2. The third-order valence-electron chi connectivity index (χ3n) is 7.94. The van der Waals surface area contributed by atoms with E-state index >= 15 is 0 Å². The molecule has 2 unspecified atom stereocenters. The fraction of sp³-hybridized carbons (Fsp3) is 0.615. The van der Waals surface area contributed by atoms with Crippen LogP contribution in [0.25, 0.3) is 11.2 Å². The van der Waals surface area contributed by atoms with Gasteiger partial charge >= 0.3 is 6.09 Å². The number of hydrogen-bond acceptors (Lipinski definition) is 11. The van der Waals surface area contributed by atoms with Crippen molar-refractivity contribution in [2.24, 2.45) is 5.92 Å². The van der Waals surface area contributed by atoms with E-state index in [0.717, 1.165) is 25.7 Å². The highest BCUT2D eigenvalue weighted by Gasteiger charge is 2.48. The lowest BCUT2D eigenvalue weighted by atomic mass is 9.94. The third-order valence-corrected chi connectivity index (χ3v) is 7.94. The standard InChI is InChI=1S/C26H32N8O7/c1-32-11-15(24(32)38)40-26(39)33-9-7-13(8-10-33)3-2-4-16-30-21(27)17-22(31-16)34(12-28-17)25-19(36)18(35)20(41-25)23(37)29-14-5-6-14/h12-15,18-20,25,35-36H,3,5-11H2,1H3,(H,29,37)(H2,27,30,31)/t15?,18-,19?,20+,25-/m1/s1. The van der Waals surface area contributed by atoms with Crippen LogP contribution in [0.4, 0.5) is 10.6 Å². The number of amides is 3. The number of aliphatic hydroxyl groups is 2. The van der Waals surface area contributed by atoms with Crippen LogP contribution in [0.1, 0.15) is 44.2 Å². The van der Waals surface area contributed by atoms with Gasteiger partial charge in [0.1, 0.15) is 17.7 Å². The summed E-state index contributed by atoms with van der Waals surface area (Å²) in [5.41, 5.74) is 6.64. The number of β-lactam (4-membered cyclic amide) rings is 1. The monoisotopic (exact) mass is 568 g/mol. The quantitative estimate of drug-likeness (QED) is 0.248. The summed E-state index contributed by atoms with van der Waals surface area (Å²) < 4.78 is 12.5. The van der Waals surface area contributed by atoms with Gasteiger partial charge in [-0.1, -0.05) is 5.92 Å². The highest BCUT2D eigenvalue weighted by atomic mass is 16.6. The lowest BCUT2D eigenvalue weighted by molar-refractivity contribution is -0.154. The minimum Gasteiger partial charge on any atom is -0.434 e. The lowest BCUT2D eigenvalue weighted by Gasteiger charge is -2.37. The van der Waals surface area contributed by atoms with Gasteiger partial charge in [0.2, 0.25) is 5.82 Å². The summed E-state index contributed by atoms with van der Waals surface area (Å²) in [6.45, 7) is 1.46. The van der Waals surface area contributed by atoms with E-state index < -0.39 is 42.6 Å². The van der Waals surface area contributed by atoms with Gasteiger partial charge in [-0.25, -0.2) is 19.7 Å². The highest BCUT2D eigenvalue weighted by molar-refractivity contribution is 5.88. The van der Waals surface area contributed by atoms with Crippen molar-refractivity contribution >= 4 is 34.9 Å². The Hall–Kier alpha value is -4.00. The molecule has 5 N–H and O–H groups in total. The molecule has 218 valence electrons.